The Balaban J connectivity index is 2.01. The minimum Gasteiger partial charge on any atom is -0.301 e. The van der Waals surface area contributed by atoms with Crippen molar-refractivity contribution >= 4 is 11.8 Å². The molecule has 1 aliphatic rings. The highest BCUT2D eigenvalue weighted by Crippen LogP contribution is 2.29. The summed E-state index contributed by atoms with van der Waals surface area (Å²) < 4.78 is 0. The average Bonchev–Trinajstić information content (AvgIpc) is 2.45. The predicted molar refractivity (Wildman–Crippen MR) is 79.3 cm³/mol. The Kier molecular flexibility index (Phi) is 3.76. The molecule has 0 bridgehead atoms. The molecule has 0 saturated carbocycles. The molecule has 0 unspecified atom stereocenters. The first-order valence-electron chi connectivity index (χ1n) is 6.84. The van der Waals surface area contributed by atoms with Crippen LogP contribution in [0.1, 0.15) is 35.4 Å². The highest BCUT2D eigenvalue weighted by Gasteiger charge is 2.16. The highest BCUT2D eigenvalue weighted by atomic mass is 32.2. The minimum atomic E-state index is -0.193. The summed E-state index contributed by atoms with van der Waals surface area (Å²) in [6.45, 7) is 1.77. The number of hydrogen-bond acceptors (Lipinski definition) is 5. The van der Waals surface area contributed by atoms with Gasteiger partial charge in [0.2, 0.25) is 0 Å². The highest BCUT2D eigenvalue weighted by molar-refractivity contribution is 7.99. The quantitative estimate of drug-likeness (QED) is 0.861. The summed E-state index contributed by atoms with van der Waals surface area (Å²) in [5, 5.41) is 10.4. The SMILES string of the molecule is Cc1cc(=O)[nH]c(Sc2nc3c(cc2C#N)CCCC3)n1. The molecule has 0 fully saturated rings. The Morgan fingerprint density at radius 2 is 2.10 bits per heavy atom. The summed E-state index contributed by atoms with van der Waals surface area (Å²) in [6, 6.07) is 5.56. The molecule has 2 aromatic rings. The standard InChI is InChI=1S/C15H14N4OS/c1-9-6-13(20)19-15(17-9)21-14-11(8-16)7-10-4-2-3-5-12(10)18-14/h6-7H,2-5H2,1H3,(H,17,19,20). The molecule has 0 radical (unpaired) electrons. The monoisotopic (exact) mass is 298 g/mol. The lowest BCUT2D eigenvalue weighted by molar-refractivity contribution is 0.659. The summed E-state index contributed by atoms with van der Waals surface area (Å²) in [5.41, 5.74) is 3.24. The van der Waals surface area contributed by atoms with Crippen molar-refractivity contribution in [2.75, 3.05) is 0 Å². The van der Waals surface area contributed by atoms with E-state index < -0.39 is 0 Å². The molecular formula is C15H14N4OS. The zero-order valence-electron chi connectivity index (χ0n) is 11.6. The number of aromatic amines is 1. The van der Waals surface area contributed by atoms with Crippen molar-refractivity contribution < 1.29 is 0 Å². The first-order chi connectivity index (χ1) is 10.2. The first-order valence-corrected chi connectivity index (χ1v) is 7.66. The van der Waals surface area contributed by atoms with E-state index in [1.165, 1.54) is 23.4 Å². The van der Waals surface area contributed by atoms with Gasteiger partial charge in [-0.3, -0.25) is 4.79 Å². The number of H-pyrrole nitrogens is 1. The maximum atomic E-state index is 11.5. The molecule has 5 nitrogen and oxygen atoms in total. The van der Waals surface area contributed by atoms with Crippen molar-refractivity contribution in [2.24, 2.45) is 0 Å². The van der Waals surface area contributed by atoms with E-state index in [2.05, 4.69) is 21.0 Å². The third kappa shape index (κ3) is 2.98. The fourth-order valence-electron chi connectivity index (χ4n) is 2.46. The van der Waals surface area contributed by atoms with Crippen molar-refractivity contribution in [1.29, 1.82) is 5.26 Å². The number of aryl methyl sites for hydroxylation is 3. The van der Waals surface area contributed by atoms with Gasteiger partial charge in [-0.05, 0) is 56.0 Å². The number of rotatable bonds is 2. The van der Waals surface area contributed by atoms with Crippen molar-refractivity contribution in [1.82, 2.24) is 15.0 Å². The summed E-state index contributed by atoms with van der Waals surface area (Å²) >= 11 is 1.24. The Morgan fingerprint density at radius 3 is 2.86 bits per heavy atom. The summed E-state index contributed by atoms with van der Waals surface area (Å²) in [5.74, 6) is 0. The summed E-state index contributed by atoms with van der Waals surface area (Å²) in [4.78, 5) is 23.1. The van der Waals surface area contributed by atoms with Crippen molar-refractivity contribution in [3.05, 3.63) is 45.0 Å². The van der Waals surface area contributed by atoms with Crippen LogP contribution in [-0.2, 0) is 12.8 Å². The molecule has 1 aliphatic carbocycles. The molecule has 2 aromatic heterocycles. The van der Waals surface area contributed by atoms with Crippen LogP contribution >= 0.6 is 11.8 Å². The predicted octanol–water partition coefficient (Wildman–Crippen LogP) is 2.38. The molecule has 3 rings (SSSR count). The lowest BCUT2D eigenvalue weighted by Gasteiger charge is -2.16. The van der Waals surface area contributed by atoms with Gasteiger partial charge in [-0.15, -0.1) is 0 Å². The Morgan fingerprint density at radius 1 is 1.29 bits per heavy atom. The molecule has 21 heavy (non-hydrogen) atoms. The van der Waals surface area contributed by atoms with Crippen molar-refractivity contribution in [3.63, 3.8) is 0 Å². The normalized spacial score (nSPS) is 13.5. The number of pyridine rings is 1. The first kappa shape index (κ1) is 13.8. The van der Waals surface area contributed by atoms with Gasteiger partial charge in [-0.1, -0.05) is 0 Å². The van der Waals surface area contributed by atoms with Gasteiger partial charge in [-0.25, -0.2) is 9.97 Å². The molecule has 0 spiro atoms. The van der Waals surface area contributed by atoms with Crippen molar-refractivity contribution in [3.8, 4) is 6.07 Å². The maximum Gasteiger partial charge on any atom is 0.251 e. The van der Waals surface area contributed by atoms with Crippen LogP contribution in [0.3, 0.4) is 0 Å². The summed E-state index contributed by atoms with van der Waals surface area (Å²) in [7, 11) is 0. The van der Waals surface area contributed by atoms with Crippen LogP contribution in [0.2, 0.25) is 0 Å². The van der Waals surface area contributed by atoms with E-state index in [0.717, 1.165) is 31.4 Å². The zero-order valence-corrected chi connectivity index (χ0v) is 12.5. The van der Waals surface area contributed by atoms with Gasteiger partial charge in [0, 0.05) is 17.5 Å². The molecule has 0 atom stereocenters. The summed E-state index contributed by atoms with van der Waals surface area (Å²) in [6.07, 6.45) is 4.22. The molecule has 0 aliphatic heterocycles. The van der Waals surface area contributed by atoms with Gasteiger partial charge in [-0.2, -0.15) is 5.26 Å². The van der Waals surface area contributed by atoms with Crippen LogP contribution in [0, 0.1) is 18.3 Å². The van der Waals surface area contributed by atoms with E-state index >= 15 is 0 Å². The third-order valence-electron chi connectivity index (χ3n) is 3.43. The van der Waals surface area contributed by atoms with Crippen LogP contribution in [-0.4, -0.2) is 15.0 Å². The van der Waals surface area contributed by atoms with E-state index in [0.29, 0.717) is 21.4 Å². The number of aromatic nitrogens is 3. The van der Waals surface area contributed by atoms with E-state index in [1.807, 2.05) is 6.07 Å². The molecule has 0 amide bonds. The fourth-order valence-corrected chi connectivity index (χ4v) is 3.36. The van der Waals surface area contributed by atoms with Crippen LogP contribution in [0.5, 0.6) is 0 Å². The lowest BCUT2D eigenvalue weighted by Crippen LogP contribution is -2.09. The molecule has 1 N–H and O–H groups in total. The van der Waals surface area contributed by atoms with Crippen molar-refractivity contribution in [2.45, 2.75) is 42.8 Å². The van der Waals surface area contributed by atoms with E-state index in [9.17, 15) is 10.1 Å². The number of nitriles is 1. The number of nitrogens with zero attached hydrogens (tertiary/aromatic N) is 3. The largest absolute Gasteiger partial charge is 0.301 e. The zero-order chi connectivity index (χ0) is 14.8. The van der Waals surface area contributed by atoms with Crippen LogP contribution in [0.15, 0.2) is 27.1 Å². The fraction of sp³-hybridized carbons (Fsp3) is 0.333. The van der Waals surface area contributed by atoms with Crippen LogP contribution in [0.25, 0.3) is 0 Å². The molecule has 0 saturated heterocycles. The second-order valence-corrected chi connectivity index (χ2v) is 6.04. The van der Waals surface area contributed by atoms with E-state index in [4.69, 9.17) is 0 Å². The van der Waals surface area contributed by atoms with Gasteiger partial charge in [0.25, 0.3) is 5.56 Å². The Labute approximate surface area is 126 Å². The van der Waals surface area contributed by atoms with Gasteiger partial charge in [0.05, 0.1) is 5.56 Å². The topological polar surface area (TPSA) is 82.4 Å². The number of hydrogen-bond donors (Lipinski definition) is 1. The second-order valence-electron chi connectivity index (χ2n) is 5.06. The van der Waals surface area contributed by atoms with Crippen LogP contribution in [0.4, 0.5) is 0 Å². The van der Waals surface area contributed by atoms with Gasteiger partial charge in [0.15, 0.2) is 5.16 Å². The van der Waals surface area contributed by atoms with Gasteiger partial charge in [0.1, 0.15) is 11.1 Å². The third-order valence-corrected chi connectivity index (χ3v) is 4.32. The lowest BCUT2D eigenvalue weighted by atomic mass is 9.95. The number of fused-ring (bicyclic) bond motifs is 1. The minimum absolute atomic E-state index is 0.193. The molecule has 106 valence electrons. The van der Waals surface area contributed by atoms with Gasteiger partial charge < -0.3 is 4.98 Å². The van der Waals surface area contributed by atoms with Gasteiger partial charge >= 0.3 is 0 Å². The van der Waals surface area contributed by atoms with Crippen LogP contribution < -0.4 is 5.56 Å². The van der Waals surface area contributed by atoms with E-state index in [1.54, 1.807) is 6.92 Å². The average molecular weight is 298 g/mol. The second kappa shape index (κ2) is 5.70. The van der Waals surface area contributed by atoms with E-state index in [-0.39, 0.29) is 5.56 Å². The molecule has 2 heterocycles. The maximum absolute atomic E-state index is 11.5. The molecular weight excluding hydrogens is 284 g/mol. The number of nitrogens with one attached hydrogen (secondary N) is 1. The molecule has 6 heteroatoms. The molecule has 0 aromatic carbocycles. The Bertz CT molecular complexity index is 791. The Hall–Kier alpha value is -2.13. The smallest absolute Gasteiger partial charge is 0.251 e.